The number of para-hydroxylation sites is 1. The van der Waals surface area contributed by atoms with Crippen LogP contribution in [0.15, 0.2) is 24.3 Å². The molecule has 0 spiro atoms. The second kappa shape index (κ2) is 3.79. The van der Waals surface area contributed by atoms with Crippen molar-refractivity contribution in [3.05, 3.63) is 24.3 Å². The largest absolute Gasteiger partial charge is 0.287 e. The van der Waals surface area contributed by atoms with Gasteiger partial charge in [0.2, 0.25) is 0 Å². The SMILES string of the molecule is CC(=O)SCn1nnc2ccccc21. The van der Waals surface area contributed by atoms with Crippen molar-refractivity contribution >= 4 is 27.9 Å². The van der Waals surface area contributed by atoms with Crippen LogP contribution in [0.4, 0.5) is 0 Å². The van der Waals surface area contributed by atoms with Gasteiger partial charge in [0.05, 0.1) is 11.4 Å². The van der Waals surface area contributed by atoms with Crippen LogP contribution in [0.2, 0.25) is 0 Å². The molecule has 14 heavy (non-hydrogen) atoms. The average molecular weight is 207 g/mol. The van der Waals surface area contributed by atoms with Gasteiger partial charge in [-0.1, -0.05) is 29.1 Å². The molecule has 2 rings (SSSR count). The van der Waals surface area contributed by atoms with Gasteiger partial charge in [-0.2, -0.15) is 0 Å². The van der Waals surface area contributed by atoms with Crippen molar-refractivity contribution in [3.63, 3.8) is 0 Å². The van der Waals surface area contributed by atoms with Crippen LogP contribution in [0.25, 0.3) is 11.0 Å². The predicted molar refractivity (Wildman–Crippen MR) is 55.8 cm³/mol. The maximum atomic E-state index is 10.8. The van der Waals surface area contributed by atoms with Crippen LogP contribution < -0.4 is 0 Å². The van der Waals surface area contributed by atoms with E-state index < -0.39 is 0 Å². The Bertz CT molecular complexity index is 466. The number of nitrogens with zero attached hydrogens (tertiary/aromatic N) is 3. The fourth-order valence-electron chi connectivity index (χ4n) is 1.16. The van der Waals surface area contributed by atoms with E-state index in [4.69, 9.17) is 0 Å². The van der Waals surface area contributed by atoms with Crippen LogP contribution in [0.3, 0.4) is 0 Å². The van der Waals surface area contributed by atoms with Gasteiger partial charge in [0.1, 0.15) is 5.52 Å². The fourth-order valence-corrected chi connectivity index (χ4v) is 1.66. The predicted octanol–water partition coefficient (Wildman–Crippen LogP) is 1.67. The summed E-state index contributed by atoms with van der Waals surface area (Å²) >= 11 is 1.23. The van der Waals surface area contributed by atoms with Crippen molar-refractivity contribution in [2.75, 3.05) is 0 Å². The van der Waals surface area contributed by atoms with Crippen LogP contribution in [0.5, 0.6) is 0 Å². The summed E-state index contributed by atoms with van der Waals surface area (Å²) in [5, 5.41) is 8.03. The molecule has 0 aliphatic carbocycles. The van der Waals surface area contributed by atoms with E-state index in [1.54, 1.807) is 11.6 Å². The lowest BCUT2D eigenvalue weighted by Gasteiger charge is -1.98. The van der Waals surface area contributed by atoms with E-state index in [9.17, 15) is 4.79 Å². The Morgan fingerprint density at radius 2 is 2.29 bits per heavy atom. The van der Waals surface area contributed by atoms with Crippen molar-refractivity contribution < 1.29 is 4.79 Å². The standard InChI is InChI=1S/C9H9N3OS/c1-7(13)14-6-12-9-5-3-2-4-8(9)10-11-12/h2-5H,6H2,1H3. The molecule has 0 N–H and O–H groups in total. The number of carbonyl (C=O) groups excluding carboxylic acids is 1. The number of hydrogen-bond donors (Lipinski definition) is 0. The number of hydrogen-bond acceptors (Lipinski definition) is 4. The maximum absolute atomic E-state index is 10.8. The summed E-state index contributed by atoms with van der Waals surface area (Å²) < 4.78 is 1.72. The minimum Gasteiger partial charge on any atom is -0.287 e. The fraction of sp³-hybridized carbons (Fsp3) is 0.222. The Morgan fingerprint density at radius 1 is 1.50 bits per heavy atom. The number of carbonyl (C=O) groups is 1. The summed E-state index contributed by atoms with van der Waals surface area (Å²) in [5.41, 5.74) is 1.82. The third-order valence-corrected chi connectivity index (χ3v) is 2.59. The molecule has 1 aromatic heterocycles. The van der Waals surface area contributed by atoms with Crippen molar-refractivity contribution in [3.8, 4) is 0 Å². The highest BCUT2D eigenvalue weighted by molar-refractivity contribution is 8.12. The molecule has 0 amide bonds. The van der Waals surface area contributed by atoms with Crippen molar-refractivity contribution in [1.29, 1.82) is 0 Å². The first-order chi connectivity index (χ1) is 6.77. The maximum Gasteiger partial charge on any atom is 0.187 e. The zero-order valence-electron chi connectivity index (χ0n) is 7.67. The lowest BCUT2D eigenvalue weighted by atomic mass is 10.3. The first-order valence-electron chi connectivity index (χ1n) is 4.19. The number of fused-ring (bicyclic) bond motifs is 1. The zero-order valence-corrected chi connectivity index (χ0v) is 8.49. The van der Waals surface area contributed by atoms with Gasteiger partial charge in [0.25, 0.3) is 0 Å². The lowest BCUT2D eigenvalue weighted by molar-refractivity contribution is -0.109. The Hall–Kier alpha value is -1.36. The molecule has 0 saturated heterocycles. The topological polar surface area (TPSA) is 47.8 Å². The van der Waals surface area contributed by atoms with Crippen molar-refractivity contribution in [2.45, 2.75) is 12.8 Å². The Balaban J connectivity index is 2.29. The molecule has 2 aromatic rings. The van der Waals surface area contributed by atoms with Crippen LogP contribution in [-0.4, -0.2) is 20.1 Å². The molecule has 0 radical (unpaired) electrons. The molecule has 0 aliphatic rings. The summed E-state index contributed by atoms with van der Waals surface area (Å²) in [6.45, 7) is 1.55. The number of thioether (sulfide) groups is 1. The Labute approximate surface area is 85.3 Å². The van der Waals surface area contributed by atoms with Gasteiger partial charge in [-0.05, 0) is 12.1 Å². The van der Waals surface area contributed by atoms with Gasteiger partial charge in [-0.3, -0.25) is 4.79 Å². The summed E-state index contributed by atoms with van der Waals surface area (Å²) in [4.78, 5) is 10.8. The zero-order chi connectivity index (χ0) is 9.97. The second-order valence-electron chi connectivity index (χ2n) is 2.84. The average Bonchev–Trinajstić information content (AvgIpc) is 2.58. The van der Waals surface area contributed by atoms with Gasteiger partial charge in [-0.15, -0.1) is 5.10 Å². The molecular formula is C9H9N3OS. The van der Waals surface area contributed by atoms with Gasteiger partial charge >= 0.3 is 0 Å². The van der Waals surface area contributed by atoms with E-state index in [0.717, 1.165) is 11.0 Å². The number of aromatic nitrogens is 3. The molecule has 5 heteroatoms. The summed E-state index contributed by atoms with van der Waals surface area (Å²) in [7, 11) is 0. The summed E-state index contributed by atoms with van der Waals surface area (Å²) in [6.07, 6.45) is 0. The quantitative estimate of drug-likeness (QED) is 0.751. The molecule has 0 unspecified atom stereocenters. The number of benzene rings is 1. The minimum atomic E-state index is 0.0876. The molecule has 0 fully saturated rings. The monoisotopic (exact) mass is 207 g/mol. The lowest BCUT2D eigenvalue weighted by Crippen LogP contribution is -1.98. The smallest absolute Gasteiger partial charge is 0.187 e. The molecule has 4 nitrogen and oxygen atoms in total. The first-order valence-corrected chi connectivity index (χ1v) is 5.17. The second-order valence-corrected chi connectivity index (χ2v) is 3.96. The first kappa shape index (κ1) is 9.21. The molecule has 0 saturated carbocycles. The highest BCUT2D eigenvalue weighted by Crippen LogP contribution is 2.13. The molecular weight excluding hydrogens is 198 g/mol. The van der Waals surface area contributed by atoms with E-state index in [0.29, 0.717) is 5.88 Å². The third kappa shape index (κ3) is 1.77. The molecule has 1 aromatic carbocycles. The van der Waals surface area contributed by atoms with Crippen LogP contribution in [-0.2, 0) is 10.7 Å². The van der Waals surface area contributed by atoms with Crippen molar-refractivity contribution in [1.82, 2.24) is 15.0 Å². The molecule has 0 aliphatic heterocycles. The van der Waals surface area contributed by atoms with Crippen molar-refractivity contribution in [2.24, 2.45) is 0 Å². The minimum absolute atomic E-state index is 0.0876. The molecule has 1 heterocycles. The van der Waals surface area contributed by atoms with Crippen LogP contribution in [0, 0.1) is 0 Å². The normalized spacial score (nSPS) is 10.6. The van der Waals surface area contributed by atoms with Gasteiger partial charge in [0, 0.05) is 6.92 Å². The Kier molecular flexibility index (Phi) is 2.49. The molecule has 72 valence electrons. The summed E-state index contributed by atoms with van der Waals surface area (Å²) in [5.74, 6) is 0.524. The number of rotatable bonds is 2. The highest BCUT2D eigenvalue weighted by atomic mass is 32.2. The Morgan fingerprint density at radius 3 is 3.07 bits per heavy atom. The van der Waals surface area contributed by atoms with Gasteiger partial charge in [0.15, 0.2) is 5.12 Å². The third-order valence-electron chi connectivity index (χ3n) is 1.81. The van der Waals surface area contributed by atoms with E-state index >= 15 is 0 Å². The molecule has 0 bridgehead atoms. The van der Waals surface area contributed by atoms with Crippen LogP contribution in [0.1, 0.15) is 6.92 Å². The van der Waals surface area contributed by atoms with Gasteiger partial charge in [-0.25, -0.2) is 4.68 Å². The summed E-state index contributed by atoms with van der Waals surface area (Å²) in [6, 6.07) is 7.69. The van der Waals surface area contributed by atoms with E-state index in [1.165, 1.54) is 11.8 Å². The highest BCUT2D eigenvalue weighted by Gasteiger charge is 2.03. The van der Waals surface area contributed by atoms with E-state index in [1.807, 2.05) is 24.3 Å². The van der Waals surface area contributed by atoms with Gasteiger partial charge < -0.3 is 0 Å². The van der Waals surface area contributed by atoms with E-state index in [-0.39, 0.29) is 5.12 Å². The van der Waals surface area contributed by atoms with Crippen LogP contribution >= 0.6 is 11.8 Å². The molecule has 0 atom stereocenters. The van der Waals surface area contributed by atoms with E-state index in [2.05, 4.69) is 10.3 Å².